The number of hydrogen-bond donors (Lipinski definition) is 2. The molecule has 150 valence electrons. The first-order chi connectivity index (χ1) is 13.0. The van der Waals surface area contributed by atoms with E-state index in [9.17, 15) is 22.7 Å². The molecule has 0 amide bonds. The fourth-order valence-corrected chi connectivity index (χ4v) is 2.93. The zero-order valence-electron chi connectivity index (χ0n) is 15.4. The summed E-state index contributed by atoms with van der Waals surface area (Å²) in [7, 11) is 0. The van der Waals surface area contributed by atoms with E-state index in [-0.39, 0.29) is 12.4 Å². The molecule has 0 aliphatic heterocycles. The Labute approximate surface area is 158 Å². The van der Waals surface area contributed by atoms with Crippen LogP contribution in [0.4, 0.5) is 23.4 Å². The van der Waals surface area contributed by atoms with E-state index in [0.29, 0.717) is 17.1 Å². The van der Waals surface area contributed by atoms with E-state index in [1.54, 1.807) is 6.07 Å². The van der Waals surface area contributed by atoms with Crippen LogP contribution in [0.3, 0.4) is 0 Å². The average Bonchev–Trinajstić information content (AvgIpc) is 3.05. The fourth-order valence-electron chi connectivity index (χ4n) is 2.93. The van der Waals surface area contributed by atoms with Crippen molar-refractivity contribution in [3.05, 3.63) is 53.2 Å². The highest BCUT2D eigenvalue weighted by atomic mass is 19.4. The van der Waals surface area contributed by atoms with Gasteiger partial charge in [-0.25, -0.2) is 9.37 Å². The van der Waals surface area contributed by atoms with E-state index in [1.807, 2.05) is 20.8 Å². The average molecular weight is 397 g/mol. The third kappa shape index (κ3) is 3.91. The molecule has 1 aromatic carbocycles. The van der Waals surface area contributed by atoms with Crippen molar-refractivity contribution in [2.75, 3.05) is 5.32 Å². The number of aromatic nitrogens is 4. The van der Waals surface area contributed by atoms with Gasteiger partial charge in [0.1, 0.15) is 18.0 Å². The Morgan fingerprint density at radius 3 is 2.46 bits per heavy atom. The number of rotatable bonds is 4. The summed E-state index contributed by atoms with van der Waals surface area (Å²) >= 11 is 0. The Balaban J connectivity index is 2.06. The van der Waals surface area contributed by atoms with Gasteiger partial charge < -0.3 is 10.4 Å². The zero-order valence-corrected chi connectivity index (χ0v) is 15.4. The maximum Gasteiger partial charge on any atom is 0.419 e. The predicted octanol–water partition coefficient (Wildman–Crippen LogP) is 3.97. The Bertz CT molecular complexity index is 994. The van der Waals surface area contributed by atoms with Crippen LogP contribution in [-0.2, 0) is 12.8 Å². The number of nitrogens with zero attached hydrogens (tertiary/aromatic N) is 4. The largest absolute Gasteiger partial charge is 0.419 e. The maximum absolute atomic E-state index is 14.1. The summed E-state index contributed by atoms with van der Waals surface area (Å²) in [6.07, 6.45) is -3.47. The maximum atomic E-state index is 14.1. The molecule has 0 fully saturated rings. The van der Waals surface area contributed by atoms with Crippen LogP contribution in [-0.4, -0.2) is 24.7 Å². The lowest BCUT2D eigenvalue weighted by Gasteiger charge is -2.33. The molecule has 2 heterocycles. The molecule has 2 N–H and O–H groups in total. The van der Waals surface area contributed by atoms with Crippen LogP contribution < -0.4 is 5.32 Å². The first-order valence-electron chi connectivity index (χ1n) is 8.44. The van der Waals surface area contributed by atoms with Crippen molar-refractivity contribution in [3.8, 4) is 0 Å². The minimum Gasteiger partial charge on any atom is -0.390 e. The normalized spacial score (nSPS) is 13.7. The molecule has 0 saturated heterocycles. The summed E-state index contributed by atoms with van der Waals surface area (Å²) in [6.45, 7) is 5.28. The van der Waals surface area contributed by atoms with Gasteiger partial charge in [0, 0.05) is 6.07 Å². The number of anilines is 1. The van der Waals surface area contributed by atoms with Gasteiger partial charge in [-0.1, -0.05) is 26.8 Å². The van der Waals surface area contributed by atoms with Crippen LogP contribution in [0.15, 0.2) is 30.6 Å². The Hall–Kier alpha value is -2.75. The number of nitrogens with one attached hydrogen (secondary N) is 1. The van der Waals surface area contributed by atoms with Gasteiger partial charge in [-0.05, 0) is 23.1 Å². The van der Waals surface area contributed by atoms with Gasteiger partial charge >= 0.3 is 6.18 Å². The number of hydrogen-bond acceptors (Lipinski definition) is 5. The third-order valence-electron chi connectivity index (χ3n) is 4.26. The number of alkyl halides is 3. The lowest BCUT2D eigenvalue weighted by Crippen LogP contribution is -2.27. The van der Waals surface area contributed by atoms with E-state index in [4.69, 9.17) is 0 Å². The molecule has 1 unspecified atom stereocenters. The van der Waals surface area contributed by atoms with Crippen molar-refractivity contribution in [3.63, 3.8) is 0 Å². The molecule has 0 aliphatic rings. The first kappa shape index (κ1) is 20.0. The van der Waals surface area contributed by atoms with Crippen LogP contribution in [0.1, 0.15) is 43.6 Å². The molecule has 10 heteroatoms. The molecular formula is C18H19F4N5O. The second kappa shape index (κ2) is 7.01. The lowest BCUT2D eigenvalue weighted by atomic mass is 9.82. The highest BCUT2D eigenvalue weighted by Crippen LogP contribution is 2.38. The van der Waals surface area contributed by atoms with Crippen molar-refractivity contribution in [2.24, 2.45) is 5.41 Å². The van der Waals surface area contributed by atoms with Gasteiger partial charge in [-0.2, -0.15) is 27.8 Å². The second-order valence-electron chi connectivity index (χ2n) is 7.44. The predicted molar refractivity (Wildman–Crippen MR) is 93.9 cm³/mol. The summed E-state index contributed by atoms with van der Waals surface area (Å²) in [5.41, 5.74) is -1.13. The van der Waals surface area contributed by atoms with Crippen LogP contribution in [0.5, 0.6) is 0 Å². The van der Waals surface area contributed by atoms with Crippen molar-refractivity contribution < 1.29 is 22.7 Å². The molecule has 0 bridgehead atoms. The van der Waals surface area contributed by atoms with Crippen molar-refractivity contribution in [2.45, 2.75) is 39.6 Å². The summed E-state index contributed by atoms with van der Waals surface area (Å²) < 4.78 is 54.2. The van der Waals surface area contributed by atoms with Gasteiger partial charge in [0.2, 0.25) is 0 Å². The Kier molecular flexibility index (Phi) is 5.00. The highest BCUT2D eigenvalue weighted by Gasteiger charge is 2.35. The monoisotopic (exact) mass is 397 g/mol. The first-order valence-corrected chi connectivity index (χ1v) is 8.44. The van der Waals surface area contributed by atoms with E-state index in [2.05, 4.69) is 20.4 Å². The lowest BCUT2D eigenvalue weighted by molar-refractivity contribution is -0.140. The molecule has 0 aliphatic carbocycles. The van der Waals surface area contributed by atoms with Crippen LogP contribution in [0, 0.1) is 11.2 Å². The number of aliphatic hydroxyl groups excluding tert-OH is 1. The summed E-state index contributed by atoms with van der Waals surface area (Å²) in [4.78, 5) is 8.11. The molecular weight excluding hydrogens is 378 g/mol. The van der Waals surface area contributed by atoms with Gasteiger partial charge in [0.25, 0.3) is 5.78 Å². The van der Waals surface area contributed by atoms with Crippen molar-refractivity contribution in [1.82, 2.24) is 19.6 Å². The van der Waals surface area contributed by atoms with Crippen molar-refractivity contribution >= 4 is 11.6 Å². The molecule has 3 aromatic rings. The van der Waals surface area contributed by atoms with Gasteiger partial charge in [0.15, 0.2) is 0 Å². The van der Waals surface area contributed by atoms with Crippen molar-refractivity contribution in [1.29, 1.82) is 0 Å². The topological polar surface area (TPSA) is 75.3 Å². The van der Waals surface area contributed by atoms with Gasteiger partial charge in [0.05, 0.1) is 23.9 Å². The zero-order chi connectivity index (χ0) is 20.7. The smallest absolute Gasteiger partial charge is 0.390 e. The number of aliphatic hydroxyl groups is 1. The summed E-state index contributed by atoms with van der Waals surface area (Å²) in [5.74, 6) is -0.662. The number of benzene rings is 1. The molecule has 0 radical (unpaired) electrons. The van der Waals surface area contributed by atoms with Gasteiger partial charge in [-0.15, -0.1) is 0 Å². The molecule has 2 aromatic heterocycles. The molecule has 28 heavy (non-hydrogen) atoms. The van der Waals surface area contributed by atoms with E-state index < -0.39 is 29.0 Å². The minimum atomic E-state index is -4.76. The minimum absolute atomic E-state index is 0.250. The summed E-state index contributed by atoms with van der Waals surface area (Å²) in [6, 6.07) is 3.87. The SMILES string of the molecule is CC(C)(C)C(Nc1cc(CO)nc2ncnn12)c1ccc(C(F)(F)F)c(F)c1. The third-order valence-corrected chi connectivity index (χ3v) is 4.26. The molecule has 0 saturated carbocycles. The van der Waals surface area contributed by atoms with E-state index in [0.717, 1.165) is 12.1 Å². The van der Waals surface area contributed by atoms with Crippen LogP contribution in [0.2, 0.25) is 0 Å². The Morgan fingerprint density at radius 2 is 1.89 bits per heavy atom. The van der Waals surface area contributed by atoms with Gasteiger partial charge in [-0.3, -0.25) is 0 Å². The number of halogens is 4. The highest BCUT2D eigenvalue weighted by molar-refractivity contribution is 5.47. The standard InChI is InChI=1S/C18H19F4N5O/c1-17(2,3)15(10-4-5-12(13(19)6-10)18(20,21)22)26-14-7-11(8-28)25-16-23-9-24-27(14)16/h4-7,9,15,26,28H,8H2,1-3H3. The fraction of sp³-hybridized carbons (Fsp3) is 0.389. The van der Waals surface area contributed by atoms with Crippen LogP contribution in [0.25, 0.3) is 5.78 Å². The molecule has 6 nitrogen and oxygen atoms in total. The second-order valence-corrected chi connectivity index (χ2v) is 7.44. The van der Waals surface area contributed by atoms with Crippen LogP contribution >= 0.6 is 0 Å². The molecule has 3 rings (SSSR count). The molecule has 1 atom stereocenters. The van der Waals surface area contributed by atoms with E-state index >= 15 is 0 Å². The summed E-state index contributed by atoms with van der Waals surface area (Å²) in [5, 5.41) is 16.7. The molecule has 0 spiro atoms. The number of fused-ring (bicyclic) bond motifs is 1. The Morgan fingerprint density at radius 1 is 1.18 bits per heavy atom. The quantitative estimate of drug-likeness (QED) is 0.652. The van der Waals surface area contributed by atoms with E-state index in [1.165, 1.54) is 16.9 Å².